The van der Waals surface area contributed by atoms with Crippen molar-refractivity contribution in [2.45, 2.75) is 31.6 Å². The van der Waals surface area contributed by atoms with E-state index in [9.17, 15) is 32.9 Å². The van der Waals surface area contributed by atoms with Gasteiger partial charge < -0.3 is 15.5 Å². The molecule has 0 aliphatic carbocycles. The van der Waals surface area contributed by atoms with Gasteiger partial charge in [0.2, 0.25) is 0 Å². The monoisotopic (exact) mass is 526 g/mol. The van der Waals surface area contributed by atoms with Crippen LogP contribution in [0.25, 0.3) is 0 Å². The lowest BCUT2D eigenvalue weighted by atomic mass is 10.0. The Hall–Kier alpha value is -4.41. The van der Waals surface area contributed by atoms with Crippen molar-refractivity contribution in [1.82, 2.24) is 10.6 Å². The number of anilines is 1. The zero-order valence-electron chi connectivity index (χ0n) is 20.2. The van der Waals surface area contributed by atoms with Gasteiger partial charge in [-0.2, -0.15) is 13.2 Å². The zero-order chi connectivity index (χ0) is 27.3. The molecule has 1 heterocycles. The third-order valence-corrected chi connectivity index (χ3v) is 6.37. The number of para-hydroxylation sites is 1. The van der Waals surface area contributed by atoms with Gasteiger partial charge in [0.25, 0.3) is 17.5 Å². The second-order valence-corrected chi connectivity index (χ2v) is 8.94. The fraction of sp³-hybridized carbons (Fsp3) is 0.259. The Labute approximate surface area is 216 Å². The van der Waals surface area contributed by atoms with Gasteiger partial charge in [-0.1, -0.05) is 24.3 Å². The van der Waals surface area contributed by atoms with Crippen LogP contribution in [0.15, 0.2) is 72.8 Å². The largest absolute Gasteiger partial charge is 0.416 e. The van der Waals surface area contributed by atoms with Crippen molar-refractivity contribution in [3.05, 3.63) is 105 Å². The molecule has 0 spiro atoms. The maximum absolute atomic E-state index is 13.0. The SMILES string of the molecule is O=C(NC1CCN(c2ccccc2C(=O)NCc2cccc(C(F)(F)F)c2)CC1)c1ccc([N+](=O)[O-])cc1. The minimum atomic E-state index is -4.46. The van der Waals surface area contributed by atoms with E-state index in [-0.39, 0.29) is 24.2 Å². The van der Waals surface area contributed by atoms with Crippen LogP contribution >= 0.6 is 0 Å². The number of benzene rings is 3. The standard InChI is InChI=1S/C27H25F3N4O4/c28-27(29,30)20-5-3-4-18(16-20)17-31-26(36)23-6-1-2-7-24(23)33-14-12-21(13-15-33)32-25(35)19-8-10-22(11-9-19)34(37)38/h1-11,16,21H,12-15,17H2,(H,31,36)(H,32,35). The van der Waals surface area contributed by atoms with Crippen LogP contribution in [0.1, 0.15) is 44.7 Å². The van der Waals surface area contributed by atoms with Crippen molar-refractivity contribution < 1.29 is 27.7 Å². The number of rotatable bonds is 7. The minimum Gasteiger partial charge on any atom is -0.371 e. The number of nitrogens with zero attached hydrogens (tertiary/aromatic N) is 2. The molecule has 3 aromatic carbocycles. The first-order chi connectivity index (χ1) is 18.1. The van der Waals surface area contributed by atoms with Crippen LogP contribution in [0, 0.1) is 10.1 Å². The number of alkyl halides is 3. The number of halogens is 3. The molecule has 0 saturated carbocycles. The van der Waals surface area contributed by atoms with Gasteiger partial charge >= 0.3 is 6.18 Å². The highest BCUT2D eigenvalue weighted by molar-refractivity contribution is 5.99. The van der Waals surface area contributed by atoms with E-state index >= 15 is 0 Å². The molecule has 2 N–H and O–H groups in total. The Bertz CT molecular complexity index is 1320. The summed E-state index contributed by atoms with van der Waals surface area (Å²) in [5, 5.41) is 16.5. The highest BCUT2D eigenvalue weighted by atomic mass is 19.4. The average Bonchev–Trinajstić information content (AvgIpc) is 2.92. The number of piperidine rings is 1. The van der Waals surface area contributed by atoms with E-state index in [1.165, 1.54) is 36.4 Å². The fourth-order valence-corrected chi connectivity index (χ4v) is 4.34. The molecule has 1 fully saturated rings. The van der Waals surface area contributed by atoms with Gasteiger partial charge in [-0.15, -0.1) is 0 Å². The summed E-state index contributed by atoms with van der Waals surface area (Å²) in [6.07, 6.45) is -3.21. The molecule has 1 aliphatic heterocycles. The summed E-state index contributed by atoms with van der Waals surface area (Å²) in [7, 11) is 0. The van der Waals surface area contributed by atoms with Gasteiger partial charge in [-0.3, -0.25) is 19.7 Å². The summed E-state index contributed by atoms with van der Waals surface area (Å²) in [6, 6.07) is 17.1. The number of nitro groups is 1. The lowest BCUT2D eigenvalue weighted by Gasteiger charge is -2.35. The Morgan fingerprint density at radius 1 is 0.947 bits per heavy atom. The number of hydrogen-bond acceptors (Lipinski definition) is 5. The smallest absolute Gasteiger partial charge is 0.371 e. The summed E-state index contributed by atoms with van der Waals surface area (Å²) in [6.45, 7) is 1.10. The Balaban J connectivity index is 1.34. The first kappa shape index (κ1) is 26.6. The lowest BCUT2D eigenvalue weighted by molar-refractivity contribution is -0.384. The summed E-state index contributed by atoms with van der Waals surface area (Å²) in [4.78, 5) is 37.8. The van der Waals surface area contributed by atoms with Crippen LogP contribution in [0.4, 0.5) is 24.5 Å². The topological polar surface area (TPSA) is 105 Å². The van der Waals surface area contributed by atoms with Crippen molar-refractivity contribution >= 4 is 23.2 Å². The number of carbonyl (C=O) groups excluding carboxylic acids is 2. The number of amides is 2. The molecule has 1 saturated heterocycles. The van der Waals surface area contributed by atoms with E-state index in [1.807, 2.05) is 11.0 Å². The van der Waals surface area contributed by atoms with Gasteiger partial charge in [0, 0.05) is 49.1 Å². The average molecular weight is 527 g/mol. The molecule has 8 nitrogen and oxygen atoms in total. The van der Waals surface area contributed by atoms with Crippen molar-refractivity contribution in [2.75, 3.05) is 18.0 Å². The van der Waals surface area contributed by atoms with Crippen LogP contribution in [0.3, 0.4) is 0 Å². The Morgan fingerprint density at radius 2 is 1.63 bits per heavy atom. The van der Waals surface area contributed by atoms with Crippen LogP contribution in [0.2, 0.25) is 0 Å². The van der Waals surface area contributed by atoms with E-state index in [0.29, 0.717) is 48.3 Å². The first-order valence-electron chi connectivity index (χ1n) is 12.0. The molecule has 11 heteroatoms. The highest BCUT2D eigenvalue weighted by Gasteiger charge is 2.30. The van der Waals surface area contributed by atoms with Gasteiger partial charge in [0.15, 0.2) is 0 Å². The van der Waals surface area contributed by atoms with E-state index in [0.717, 1.165) is 12.1 Å². The van der Waals surface area contributed by atoms with Crippen molar-refractivity contribution in [1.29, 1.82) is 0 Å². The number of hydrogen-bond donors (Lipinski definition) is 2. The van der Waals surface area contributed by atoms with Crippen LogP contribution in [-0.4, -0.2) is 35.9 Å². The number of nitro benzene ring substituents is 1. The van der Waals surface area contributed by atoms with Crippen molar-refractivity contribution in [3.63, 3.8) is 0 Å². The molecule has 3 aromatic rings. The maximum atomic E-state index is 13.0. The second-order valence-electron chi connectivity index (χ2n) is 8.94. The number of carbonyl (C=O) groups is 2. The van der Waals surface area contributed by atoms with Crippen LogP contribution in [0.5, 0.6) is 0 Å². The predicted octanol–water partition coefficient (Wildman–Crippen LogP) is 4.94. The summed E-state index contributed by atoms with van der Waals surface area (Å²) in [5.41, 5.74) is 0.929. The van der Waals surface area contributed by atoms with E-state index < -0.39 is 22.6 Å². The molecular formula is C27H25F3N4O4. The Kier molecular flexibility index (Phi) is 7.94. The molecule has 2 amide bonds. The molecular weight excluding hydrogens is 501 g/mol. The molecule has 0 radical (unpaired) electrons. The summed E-state index contributed by atoms with van der Waals surface area (Å²) < 4.78 is 38.9. The minimum absolute atomic E-state index is 0.0478. The van der Waals surface area contributed by atoms with Gasteiger partial charge in [-0.05, 0) is 54.8 Å². The number of non-ortho nitro benzene ring substituents is 1. The van der Waals surface area contributed by atoms with Crippen LogP contribution < -0.4 is 15.5 Å². The Morgan fingerprint density at radius 3 is 2.29 bits per heavy atom. The fourth-order valence-electron chi connectivity index (χ4n) is 4.34. The quantitative estimate of drug-likeness (QED) is 0.335. The van der Waals surface area contributed by atoms with Gasteiger partial charge in [0.05, 0.1) is 16.1 Å². The molecule has 4 rings (SSSR count). The number of nitrogens with one attached hydrogen (secondary N) is 2. The molecule has 0 atom stereocenters. The molecule has 0 aromatic heterocycles. The molecule has 38 heavy (non-hydrogen) atoms. The normalized spacial score (nSPS) is 14.1. The maximum Gasteiger partial charge on any atom is 0.416 e. The van der Waals surface area contributed by atoms with Gasteiger partial charge in [-0.25, -0.2) is 0 Å². The van der Waals surface area contributed by atoms with E-state index in [1.54, 1.807) is 18.2 Å². The second kappa shape index (κ2) is 11.3. The van der Waals surface area contributed by atoms with E-state index in [4.69, 9.17) is 0 Å². The third-order valence-electron chi connectivity index (χ3n) is 6.37. The molecule has 0 unspecified atom stereocenters. The van der Waals surface area contributed by atoms with Gasteiger partial charge in [0.1, 0.15) is 0 Å². The summed E-state index contributed by atoms with van der Waals surface area (Å²) >= 11 is 0. The zero-order valence-corrected chi connectivity index (χ0v) is 20.2. The molecule has 0 bridgehead atoms. The molecule has 1 aliphatic rings. The molecule has 198 valence electrons. The van der Waals surface area contributed by atoms with Crippen molar-refractivity contribution in [2.24, 2.45) is 0 Å². The van der Waals surface area contributed by atoms with Crippen molar-refractivity contribution in [3.8, 4) is 0 Å². The highest BCUT2D eigenvalue weighted by Crippen LogP contribution is 2.30. The first-order valence-corrected chi connectivity index (χ1v) is 12.0. The summed E-state index contributed by atoms with van der Waals surface area (Å²) in [5.74, 6) is -0.709. The lowest BCUT2D eigenvalue weighted by Crippen LogP contribution is -2.45. The van der Waals surface area contributed by atoms with Crippen LogP contribution in [-0.2, 0) is 12.7 Å². The predicted molar refractivity (Wildman–Crippen MR) is 135 cm³/mol. The van der Waals surface area contributed by atoms with E-state index in [2.05, 4.69) is 10.6 Å². The third kappa shape index (κ3) is 6.47.